The number of halogens is 1. The summed E-state index contributed by atoms with van der Waals surface area (Å²) in [4.78, 5) is 0. The smallest absolute Gasteiger partial charge is 0.243 e. The summed E-state index contributed by atoms with van der Waals surface area (Å²) in [5.74, 6) is 0.861. The van der Waals surface area contributed by atoms with Crippen LogP contribution in [0.5, 0.6) is 0 Å². The lowest BCUT2D eigenvalue weighted by Crippen LogP contribution is -3.00. The fourth-order valence-corrected chi connectivity index (χ4v) is 1.66. The Morgan fingerprint density at radius 1 is 1.20 bits per heavy atom. The van der Waals surface area contributed by atoms with Gasteiger partial charge in [0.25, 0.3) is 0 Å². The highest BCUT2D eigenvalue weighted by atomic mass is 79.9. The molecule has 0 unspecified atom stereocenters. The van der Waals surface area contributed by atoms with Gasteiger partial charge in [-0.3, -0.25) is 0 Å². The first-order valence-electron chi connectivity index (χ1n) is 5.69. The minimum absolute atomic E-state index is 0. The van der Waals surface area contributed by atoms with Crippen molar-refractivity contribution in [2.45, 2.75) is 46.1 Å². The second kappa shape index (κ2) is 7.91. The number of imidazole rings is 1. The van der Waals surface area contributed by atoms with E-state index in [2.05, 4.69) is 48.8 Å². The molecule has 0 aliphatic heterocycles. The summed E-state index contributed by atoms with van der Waals surface area (Å²) in [5, 5.41) is 0. The molecule has 1 rings (SSSR count). The van der Waals surface area contributed by atoms with Crippen LogP contribution in [0.25, 0.3) is 0 Å². The molecule has 88 valence electrons. The fourth-order valence-electron chi connectivity index (χ4n) is 1.66. The van der Waals surface area contributed by atoms with Crippen molar-refractivity contribution in [3.8, 4) is 0 Å². The van der Waals surface area contributed by atoms with E-state index in [1.54, 1.807) is 0 Å². The number of nitrogens with zero attached hydrogens (tertiary/aromatic N) is 2. The van der Waals surface area contributed by atoms with Crippen molar-refractivity contribution in [2.75, 3.05) is 0 Å². The molecule has 0 bridgehead atoms. The van der Waals surface area contributed by atoms with Crippen LogP contribution in [0.4, 0.5) is 0 Å². The Bertz CT molecular complexity index is 256. The molecule has 1 aromatic rings. The Labute approximate surface area is 104 Å². The lowest BCUT2D eigenvalue weighted by Gasteiger charge is -2.02. The van der Waals surface area contributed by atoms with E-state index in [0.717, 1.165) is 5.92 Å². The summed E-state index contributed by atoms with van der Waals surface area (Å²) in [6.45, 7) is 5.76. The molecule has 0 N–H and O–H groups in total. The monoisotopic (exact) mass is 274 g/mol. The normalized spacial score (nSPS) is 10.4. The Balaban J connectivity index is 0.00000196. The van der Waals surface area contributed by atoms with Crippen LogP contribution in [-0.2, 0) is 13.6 Å². The van der Waals surface area contributed by atoms with Crippen molar-refractivity contribution < 1.29 is 21.5 Å². The van der Waals surface area contributed by atoms with Gasteiger partial charge in [0.2, 0.25) is 6.33 Å². The van der Waals surface area contributed by atoms with Gasteiger partial charge in [-0.25, -0.2) is 9.13 Å². The van der Waals surface area contributed by atoms with Gasteiger partial charge in [-0.1, -0.05) is 26.7 Å². The van der Waals surface area contributed by atoms with Gasteiger partial charge >= 0.3 is 0 Å². The molecule has 3 heteroatoms. The zero-order chi connectivity index (χ0) is 10.4. The van der Waals surface area contributed by atoms with Gasteiger partial charge in [0.05, 0.1) is 13.6 Å². The first-order valence-corrected chi connectivity index (χ1v) is 5.69. The Hall–Kier alpha value is -0.310. The Kier molecular flexibility index (Phi) is 7.75. The number of unbranched alkanes of at least 4 members (excludes halogenated alkanes) is 2. The van der Waals surface area contributed by atoms with Crippen molar-refractivity contribution in [2.24, 2.45) is 13.0 Å². The van der Waals surface area contributed by atoms with E-state index in [4.69, 9.17) is 0 Å². The molecule has 2 nitrogen and oxygen atoms in total. The van der Waals surface area contributed by atoms with Crippen LogP contribution in [0.2, 0.25) is 0 Å². The van der Waals surface area contributed by atoms with Gasteiger partial charge < -0.3 is 17.0 Å². The summed E-state index contributed by atoms with van der Waals surface area (Å²) in [6.07, 6.45) is 11.8. The highest BCUT2D eigenvalue weighted by Gasteiger charge is 1.99. The summed E-state index contributed by atoms with van der Waals surface area (Å²) >= 11 is 0. The molecule has 0 spiro atoms. The van der Waals surface area contributed by atoms with E-state index in [1.165, 1.54) is 32.2 Å². The quantitative estimate of drug-likeness (QED) is 0.490. The SMILES string of the molecule is CC(C)CCCCC[n+]1ccn(C)c1.[Br-]. The first kappa shape index (κ1) is 14.7. The van der Waals surface area contributed by atoms with Crippen LogP contribution in [0, 0.1) is 5.92 Å². The fraction of sp³-hybridized carbons (Fsp3) is 0.750. The van der Waals surface area contributed by atoms with Crippen LogP contribution in [0.1, 0.15) is 39.5 Å². The molecule has 0 amide bonds. The summed E-state index contributed by atoms with van der Waals surface area (Å²) in [6, 6.07) is 0. The maximum Gasteiger partial charge on any atom is 0.243 e. The maximum absolute atomic E-state index is 2.30. The molecular weight excluding hydrogens is 252 g/mol. The average Bonchev–Trinajstić information content (AvgIpc) is 2.50. The van der Waals surface area contributed by atoms with E-state index in [-0.39, 0.29) is 17.0 Å². The van der Waals surface area contributed by atoms with Gasteiger partial charge in [-0.2, -0.15) is 0 Å². The molecule has 0 aliphatic carbocycles. The second-order valence-electron chi connectivity index (χ2n) is 4.56. The number of aromatic nitrogens is 2. The van der Waals surface area contributed by atoms with E-state index >= 15 is 0 Å². The third-order valence-corrected chi connectivity index (χ3v) is 2.52. The van der Waals surface area contributed by atoms with Crippen LogP contribution in [-0.4, -0.2) is 4.57 Å². The third kappa shape index (κ3) is 6.72. The van der Waals surface area contributed by atoms with E-state index < -0.39 is 0 Å². The molecule has 0 fully saturated rings. The molecule has 0 saturated heterocycles. The molecule has 1 heterocycles. The van der Waals surface area contributed by atoms with Gasteiger partial charge in [0, 0.05) is 0 Å². The Morgan fingerprint density at radius 3 is 2.47 bits per heavy atom. The lowest BCUT2D eigenvalue weighted by molar-refractivity contribution is -0.696. The zero-order valence-corrected chi connectivity index (χ0v) is 11.7. The van der Waals surface area contributed by atoms with Crippen LogP contribution in [0.15, 0.2) is 18.7 Å². The molecular formula is C12H23BrN2. The minimum atomic E-state index is 0. The van der Waals surface area contributed by atoms with Gasteiger partial charge in [0.15, 0.2) is 0 Å². The van der Waals surface area contributed by atoms with Gasteiger partial charge in [-0.05, 0) is 18.8 Å². The second-order valence-corrected chi connectivity index (χ2v) is 4.56. The van der Waals surface area contributed by atoms with Crippen molar-refractivity contribution in [1.82, 2.24) is 4.57 Å². The predicted molar refractivity (Wildman–Crippen MR) is 58.9 cm³/mol. The molecule has 0 atom stereocenters. The molecule has 15 heavy (non-hydrogen) atoms. The van der Waals surface area contributed by atoms with E-state index in [0.29, 0.717) is 0 Å². The van der Waals surface area contributed by atoms with E-state index in [1.807, 2.05) is 0 Å². The number of hydrogen-bond donors (Lipinski definition) is 0. The zero-order valence-electron chi connectivity index (χ0n) is 10.1. The number of aryl methyl sites for hydroxylation is 2. The number of hydrogen-bond acceptors (Lipinski definition) is 0. The summed E-state index contributed by atoms with van der Waals surface area (Å²) in [5.41, 5.74) is 0. The minimum Gasteiger partial charge on any atom is -1.00 e. The molecule has 0 saturated carbocycles. The molecule has 0 aliphatic rings. The van der Waals surface area contributed by atoms with Crippen LogP contribution >= 0.6 is 0 Å². The summed E-state index contributed by atoms with van der Waals surface area (Å²) in [7, 11) is 2.06. The summed E-state index contributed by atoms with van der Waals surface area (Å²) < 4.78 is 4.35. The van der Waals surface area contributed by atoms with Crippen molar-refractivity contribution >= 4 is 0 Å². The van der Waals surface area contributed by atoms with Crippen molar-refractivity contribution in [1.29, 1.82) is 0 Å². The highest BCUT2D eigenvalue weighted by Crippen LogP contribution is 2.07. The lowest BCUT2D eigenvalue weighted by atomic mass is 10.1. The standard InChI is InChI=1S/C12H23N2.BrH/c1-12(2)7-5-4-6-8-14-10-9-13(3)11-14;/h9-12H,4-8H2,1-3H3;1H/q+1;/p-1. The first-order chi connectivity index (χ1) is 6.68. The predicted octanol–water partition coefficient (Wildman–Crippen LogP) is -0.467. The molecule has 0 aromatic carbocycles. The third-order valence-electron chi connectivity index (χ3n) is 2.52. The van der Waals surface area contributed by atoms with Crippen molar-refractivity contribution in [3.63, 3.8) is 0 Å². The van der Waals surface area contributed by atoms with Crippen molar-refractivity contribution in [3.05, 3.63) is 18.7 Å². The van der Waals surface area contributed by atoms with Crippen LogP contribution < -0.4 is 21.5 Å². The highest BCUT2D eigenvalue weighted by molar-refractivity contribution is 4.61. The van der Waals surface area contributed by atoms with Crippen LogP contribution in [0.3, 0.4) is 0 Å². The van der Waals surface area contributed by atoms with Gasteiger partial charge in [-0.15, -0.1) is 0 Å². The number of rotatable bonds is 6. The van der Waals surface area contributed by atoms with Gasteiger partial charge in [0.1, 0.15) is 12.4 Å². The molecule has 0 radical (unpaired) electrons. The topological polar surface area (TPSA) is 8.81 Å². The Morgan fingerprint density at radius 2 is 1.93 bits per heavy atom. The molecule has 1 aromatic heterocycles. The van der Waals surface area contributed by atoms with E-state index in [9.17, 15) is 0 Å². The maximum atomic E-state index is 2.30. The largest absolute Gasteiger partial charge is 1.00 e. The average molecular weight is 275 g/mol.